The third-order valence-corrected chi connectivity index (χ3v) is 5.79. The molecule has 2 N–H and O–H groups in total. The molecule has 0 aliphatic rings. The first kappa shape index (κ1) is 25.1. The number of halogens is 1. The van der Waals surface area contributed by atoms with Crippen molar-refractivity contribution in [2.24, 2.45) is 0 Å². The zero-order valence-electron chi connectivity index (χ0n) is 18.8. The van der Waals surface area contributed by atoms with Gasteiger partial charge in [0, 0.05) is 30.5 Å². The van der Waals surface area contributed by atoms with E-state index in [0.717, 1.165) is 29.0 Å². The molecule has 0 saturated carbocycles. The van der Waals surface area contributed by atoms with Crippen LogP contribution in [-0.4, -0.2) is 64.3 Å². The zero-order chi connectivity index (χ0) is 23.5. The van der Waals surface area contributed by atoms with E-state index in [4.69, 9.17) is 26.1 Å². The second kappa shape index (κ2) is 13.2. The number of anilines is 1. The summed E-state index contributed by atoms with van der Waals surface area (Å²) in [6, 6.07) is 6.87. The molecule has 178 valence electrons. The van der Waals surface area contributed by atoms with Crippen LogP contribution in [0.4, 0.5) is 5.82 Å². The quantitative estimate of drug-likeness (QED) is 0.200. The van der Waals surface area contributed by atoms with Gasteiger partial charge in [0.1, 0.15) is 11.6 Å². The van der Waals surface area contributed by atoms with E-state index >= 15 is 0 Å². The summed E-state index contributed by atoms with van der Waals surface area (Å²) < 4.78 is 12.7. The van der Waals surface area contributed by atoms with Crippen LogP contribution >= 0.6 is 23.4 Å². The first-order valence-corrected chi connectivity index (χ1v) is 12.3. The van der Waals surface area contributed by atoms with Crippen LogP contribution < -0.4 is 15.4 Å². The summed E-state index contributed by atoms with van der Waals surface area (Å²) in [6.45, 7) is 6.80. The molecule has 0 aliphatic heterocycles. The summed E-state index contributed by atoms with van der Waals surface area (Å²) in [5.74, 6) is 2.05. The topological polar surface area (TPSA) is 103 Å². The lowest BCUT2D eigenvalue weighted by molar-refractivity contribution is -0.123. The Morgan fingerprint density at radius 1 is 1.18 bits per heavy atom. The number of ether oxygens (including phenoxy) is 2. The number of carbonyl (C=O) groups excluding carboxylic acids is 1. The van der Waals surface area contributed by atoms with Crippen molar-refractivity contribution in [3.8, 4) is 5.75 Å². The zero-order valence-corrected chi connectivity index (χ0v) is 20.4. The van der Waals surface area contributed by atoms with Crippen LogP contribution in [0, 0.1) is 0 Å². The van der Waals surface area contributed by atoms with Gasteiger partial charge >= 0.3 is 0 Å². The van der Waals surface area contributed by atoms with Crippen molar-refractivity contribution in [3.63, 3.8) is 0 Å². The highest BCUT2D eigenvalue weighted by molar-refractivity contribution is 7.99. The Balaban J connectivity index is 1.59. The van der Waals surface area contributed by atoms with Gasteiger partial charge in [-0.1, -0.05) is 30.3 Å². The van der Waals surface area contributed by atoms with Gasteiger partial charge in [0.2, 0.25) is 0 Å². The summed E-state index contributed by atoms with van der Waals surface area (Å²) in [6.07, 6.45) is 2.78. The fourth-order valence-corrected chi connectivity index (χ4v) is 3.73. The molecule has 1 aromatic carbocycles. The Labute approximate surface area is 202 Å². The number of fused-ring (bicyclic) bond motifs is 1. The van der Waals surface area contributed by atoms with Crippen molar-refractivity contribution < 1.29 is 14.3 Å². The summed E-state index contributed by atoms with van der Waals surface area (Å²) in [7, 11) is 0. The van der Waals surface area contributed by atoms with Gasteiger partial charge in [-0.25, -0.2) is 14.6 Å². The molecule has 2 heterocycles. The van der Waals surface area contributed by atoms with Gasteiger partial charge in [-0.15, -0.1) is 0 Å². The summed E-state index contributed by atoms with van der Waals surface area (Å²) in [5, 5.41) is 12.8. The Kier molecular flexibility index (Phi) is 10.0. The number of nitrogens with zero attached hydrogens (tertiary/aromatic N) is 4. The van der Waals surface area contributed by atoms with E-state index in [-0.39, 0.29) is 12.5 Å². The SMILES string of the molecule is CCCSc1nc(NCCOCC)c2cnn(CCNC(=O)COc3ccc(Cl)cc3)c2n1. The first-order chi connectivity index (χ1) is 16.1. The average molecular weight is 493 g/mol. The summed E-state index contributed by atoms with van der Waals surface area (Å²) in [5.41, 5.74) is 0.731. The standard InChI is InChI=1S/C22H29ClN6O3S/c1-3-13-33-22-27-20(25-10-12-31-4-2)18-14-26-29(21(18)28-22)11-9-24-19(30)15-32-17-7-5-16(23)6-8-17/h5-8,14H,3-4,9-13,15H2,1-2H3,(H,24,30)(H,25,27,28). The molecule has 9 nitrogen and oxygen atoms in total. The molecule has 0 atom stereocenters. The number of amides is 1. The maximum Gasteiger partial charge on any atom is 0.258 e. The maximum absolute atomic E-state index is 12.1. The molecule has 2 aromatic heterocycles. The minimum Gasteiger partial charge on any atom is -0.484 e. The normalized spacial score (nSPS) is 11.0. The van der Waals surface area contributed by atoms with Gasteiger partial charge in [-0.3, -0.25) is 4.79 Å². The van der Waals surface area contributed by atoms with Crippen LogP contribution in [0.15, 0.2) is 35.6 Å². The highest BCUT2D eigenvalue weighted by Gasteiger charge is 2.13. The van der Waals surface area contributed by atoms with Crippen molar-refractivity contribution >= 4 is 46.1 Å². The van der Waals surface area contributed by atoms with E-state index < -0.39 is 0 Å². The highest BCUT2D eigenvalue weighted by Crippen LogP contribution is 2.24. The van der Waals surface area contributed by atoms with Crippen LogP contribution in [0.3, 0.4) is 0 Å². The fourth-order valence-electron chi connectivity index (χ4n) is 2.91. The molecule has 0 bridgehead atoms. The first-order valence-electron chi connectivity index (χ1n) is 10.9. The van der Waals surface area contributed by atoms with Crippen molar-refractivity contribution in [2.45, 2.75) is 32.0 Å². The second-order valence-electron chi connectivity index (χ2n) is 7.02. The van der Waals surface area contributed by atoms with Gasteiger partial charge in [0.25, 0.3) is 5.91 Å². The molecular formula is C22H29ClN6O3S. The molecule has 33 heavy (non-hydrogen) atoms. The Morgan fingerprint density at radius 3 is 2.76 bits per heavy atom. The third-order valence-electron chi connectivity index (χ3n) is 4.48. The maximum atomic E-state index is 12.1. The lowest BCUT2D eigenvalue weighted by atomic mass is 10.3. The molecule has 1 amide bonds. The number of thioether (sulfide) groups is 1. The third kappa shape index (κ3) is 7.76. The average Bonchev–Trinajstić information content (AvgIpc) is 3.23. The lowest BCUT2D eigenvalue weighted by Crippen LogP contribution is -2.31. The van der Waals surface area contributed by atoms with Crippen molar-refractivity contribution in [1.29, 1.82) is 0 Å². The van der Waals surface area contributed by atoms with Gasteiger partial charge in [0.05, 0.1) is 24.7 Å². The number of hydrogen-bond donors (Lipinski definition) is 2. The molecule has 0 spiro atoms. The van der Waals surface area contributed by atoms with E-state index in [1.807, 2.05) is 6.92 Å². The molecule has 0 radical (unpaired) electrons. The summed E-state index contributed by atoms with van der Waals surface area (Å²) >= 11 is 7.46. The number of rotatable bonds is 14. The van der Waals surface area contributed by atoms with Crippen molar-refractivity contribution in [3.05, 3.63) is 35.5 Å². The molecule has 0 saturated heterocycles. The van der Waals surface area contributed by atoms with Crippen LogP contribution in [-0.2, 0) is 16.1 Å². The highest BCUT2D eigenvalue weighted by atomic mass is 35.5. The van der Waals surface area contributed by atoms with Gasteiger partial charge < -0.3 is 20.1 Å². The van der Waals surface area contributed by atoms with Crippen LogP contribution in [0.25, 0.3) is 11.0 Å². The van der Waals surface area contributed by atoms with E-state index in [2.05, 4.69) is 27.6 Å². The lowest BCUT2D eigenvalue weighted by Gasteiger charge is -2.10. The minimum absolute atomic E-state index is 0.0740. The Hall–Kier alpha value is -2.56. The predicted molar refractivity (Wildman–Crippen MR) is 131 cm³/mol. The molecule has 3 aromatic rings. The molecule has 3 rings (SSSR count). The molecular weight excluding hydrogens is 464 g/mol. The van der Waals surface area contributed by atoms with E-state index in [0.29, 0.717) is 48.8 Å². The van der Waals surface area contributed by atoms with Gasteiger partial charge in [-0.05, 0) is 37.6 Å². The van der Waals surface area contributed by atoms with Gasteiger partial charge in [0.15, 0.2) is 17.4 Å². The molecule has 0 unspecified atom stereocenters. The fraction of sp³-hybridized carbons (Fsp3) is 0.455. The largest absolute Gasteiger partial charge is 0.484 e. The van der Waals surface area contributed by atoms with Crippen molar-refractivity contribution in [1.82, 2.24) is 25.1 Å². The number of nitrogens with one attached hydrogen (secondary N) is 2. The van der Waals surface area contributed by atoms with E-state index in [9.17, 15) is 4.79 Å². The number of hydrogen-bond acceptors (Lipinski definition) is 8. The smallest absolute Gasteiger partial charge is 0.258 e. The number of carbonyl (C=O) groups is 1. The van der Waals surface area contributed by atoms with Crippen LogP contribution in [0.1, 0.15) is 20.3 Å². The predicted octanol–water partition coefficient (Wildman–Crippen LogP) is 3.63. The summed E-state index contributed by atoms with van der Waals surface area (Å²) in [4.78, 5) is 21.5. The number of benzene rings is 1. The molecule has 11 heteroatoms. The van der Waals surface area contributed by atoms with Crippen LogP contribution in [0.5, 0.6) is 5.75 Å². The monoisotopic (exact) mass is 492 g/mol. The molecule has 0 fully saturated rings. The van der Waals surface area contributed by atoms with Crippen LogP contribution in [0.2, 0.25) is 5.02 Å². The second-order valence-corrected chi connectivity index (χ2v) is 8.52. The number of aromatic nitrogens is 4. The van der Waals surface area contributed by atoms with Crippen molar-refractivity contribution in [2.75, 3.05) is 44.0 Å². The minimum atomic E-state index is -0.214. The van der Waals surface area contributed by atoms with E-state index in [1.165, 1.54) is 0 Å². The van der Waals surface area contributed by atoms with Gasteiger partial charge in [-0.2, -0.15) is 5.10 Å². The van der Waals surface area contributed by atoms with E-state index in [1.54, 1.807) is 46.9 Å². The Bertz CT molecular complexity index is 1030. The Morgan fingerprint density at radius 2 is 2.00 bits per heavy atom. The molecule has 0 aliphatic carbocycles.